The smallest absolute Gasteiger partial charge is 0.256 e. The molecule has 124 valence electrons. The number of rotatable bonds is 4. The zero-order chi connectivity index (χ0) is 17.5. The van der Waals surface area contributed by atoms with Gasteiger partial charge in [0.2, 0.25) is 0 Å². The number of carbonyl (C=O) groups excluding carboxylic acids is 1. The summed E-state index contributed by atoms with van der Waals surface area (Å²) in [5, 5.41) is 12.4. The van der Waals surface area contributed by atoms with Gasteiger partial charge in [-0.25, -0.2) is 0 Å². The van der Waals surface area contributed by atoms with E-state index in [4.69, 9.17) is 23.2 Å². The van der Waals surface area contributed by atoms with Crippen LogP contribution in [-0.4, -0.2) is 23.0 Å². The summed E-state index contributed by atoms with van der Waals surface area (Å²) in [5.41, 5.74) is 0.425. The summed E-state index contributed by atoms with van der Waals surface area (Å²) in [6.45, 7) is 3.79. The Labute approximate surface area is 151 Å². The maximum atomic E-state index is 12.6. The lowest BCUT2D eigenvalue weighted by atomic mass is 9.81. The van der Waals surface area contributed by atoms with E-state index in [0.29, 0.717) is 27.6 Å². The molecule has 2 aromatic carbocycles. The van der Waals surface area contributed by atoms with Gasteiger partial charge in [-0.1, -0.05) is 53.5 Å². The minimum atomic E-state index is -1.47. The zero-order valence-electron chi connectivity index (χ0n) is 13.2. The van der Waals surface area contributed by atoms with Crippen LogP contribution in [0.1, 0.15) is 33.8 Å². The van der Waals surface area contributed by atoms with Crippen molar-refractivity contribution in [2.24, 2.45) is 0 Å². The normalized spacial score (nSPS) is 20.8. The summed E-state index contributed by atoms with van der Waals surface area (Å²) in [6.07, 6.45) is 2.20. The number of fused-ring (bicyclic) bond motifs is 1. The van der Waals surface area contributed by atoms with Gasteiger partial charge in [0, 0.05) is 24.1 Å². The number of carbonyl (C=O) groups is 1. The molecule has 0 fully saturated rings. The maximum Gasteiger partial charge on any atom is 0.256 e. The van der Waals surface area contributed by atoms with Crippen LogP contribution in [0.5, 0.6) is 0 Å². The van der Waals surface area contributed by atoms with Crippen LogP contribution in [0.2, 0.25) is 10.0 Å². The molecule has 2 aromatic rings. The molecule has 5 heteroatoms. The number of nitrogens with zero attached hydrogens (tertiary/aromatic N) is 1. The molecule has 1 aliphatic rings. The fraction of sp³-hybridized carbons (Fsp3) is 0.211. The molecule has 0 radical (unpaired) electrons. The summed E-state index contributed by atoms with van der Waals surface area (Å²) in [5.74, 6) is -0.621. The van der Waals surface area contributed by atoms with Gasteiger partial charge in [0.25, 0.3) is 5.91 Å². The van der Waals surface area contributed by atoms with E-state index in [1.165, 1.54) is 4.90 Å². The molecule has 0 aromatic heterocycles. The van der Waals surface area contributed by atoms with Crippen LogP contribution in [0, 0.1) is 0 Å². The second-order valence-corrected chi connectivity index (χ2v) is 6.70. The molecule has 0 saturated carbocycles. The lowest BCUT2D eigenvalue weighted by Crippen LogP contribution is -2.45. The quantitative estimate of drug-likeness (QED) is 0.809. The largest absolute Gasteiger partial charge is 0.366 e. The van der Waals surface area contributed by atoms with Crippen LogP contribution >= 0.6 is 23.2 Å². The molecule has 1 N–H and O–H groups in total. The van der Waals surface area contributed by atoms with Crippen LogP contribution in [-0.2, 0) is 5.72 Å². The van der Waals surface area contributed by atoms with E-state index in [-0.39, 0.29) is 5.91 Å². The predicted octanol–water partition coefficient (Wildman–Crippen LogP) is 4.58. The number of amides is 1. The van der Waals surface area contributed by atoms with Crippen LogP contribution in [0.25, 0.3) is 0 Å². The number of hydrogen-bond donors (Lipinski definition) is 1. The summed E-state index contributed by atoms with van der Waals surface area (Å²) in [7, 11) is 1.61. The van der Waals surface area contributed by atoms with Crippen LogP contribution < -0.4 is 0 Å². The standard InChI is InChI=1S/C19H17Cl2NO2/c1-3-6-14(12-9-10-16(20)17(21)11-12)19(24)15-8-5-4-7-13(15)18(23)22(19)2/h3-5,7-11,14,24H,1,6H2,2H3/t14-,19?/m0/s1. The van der Waals surface area contributed by atoms with Gasteiger partial charge >= 0.3 is 0 Å². The molecule has 3 nitrogen and oxygen atoms in total. The zero-order valence-corrected chi connectivity index (χ0v) is 14.7. The highest BCUT2D eigenvalue weighted by Gasteiger charge is 2.51. The molecule has 1 amide bonds. The second kappa shape index (κ2) is 6.25. The molecule has 3 rings (SSSR count). The third kappa shape index (κ3) is 2.44. The molecule has 2 atom stereocenters. The van der Waals surface area contributed by atoms with E-state index in [1.807, 2.05) is 12.1 Å². The molecule has 0 bridgehead atoms. The van der Waals surface area contributed by atoms with Crippen LogP contribution in [0.3, 0.4) is 0 Å². The van der Waals surface area contributed by atoms with Gasteiger partial charge in [-0.2, -0.15) is 0 Å². The minimum Gasteiger partial charge on any atom is -0.366 e. The first-order valence-corrected chi connectivity index (χ1v) is 8.32. The Morgan fingerprint density at radius 1 is 1.25 bits per heavy atom. The second-order valence-electron chi connectivity index (χ2n) is 5.89. The lowest BCUT2D eigenvalue weighted by Gasteiger charge is -2.39. The van der Waals surface area contributed by atoms with Gasteiger partial charge < -0.3 is 10.0 Å². The molecule has 0 aliphatic carbocycles. The van der Waals surface area contributed by atoms with Gasteiger partial charge in [-0.3, -0.25) is 4.79 Å². The van der Waals surface area contributed by atoms with E-state index in [9.17, 15) is 9.90 Å². The highest BCUT2D eigenvalue weighted by molar-refractivity contribution is 6.42. The molecule has 1 unspecified atom stereocenters. The Hall–Kier alpha value is -1.81. The molecule has 1 aliphatic heterocycles. The van der Waals surface area contributed by atoms with Crippen molar-refractivity contribution in [3.63, 3.8) is 0 Å². The van der Waals surface area contributed by atoms with E-state index >= 15 is 0 Å². The maximum absolute atomic E-state index is 12.6. The summed E-state index contributed by atoms with van der Waals surface area (Å²) < 4.78 is 0. The summed E-state index contributed by atoms with van der Waals surface area (Å²) in [4.78, 5) is 13.9. The number of benzene rings is 2. The number of hydrogen-bond acceptors (Lipinski definition) is 2. The third-order valence-corrected chi connectivity index (χ3v) is 5.34. The highest BCUT2D eigenvalue weighted by atomic mass is 35.5. The monoisotopic (exact) mass is 361 g/mol. The van der Waals surface area contributed by atoms with Crippen molar-refractivity contribution in [3.8, 4) is 0 Å². The Bertz CT molecular complexity index is 821. The molecular weight excluding hydrogens is 345 g/mol. The fourth-order valence-corrected chi connectivity index (χ4v) is 3.66. The van der Waals surface area contributed by atoms with Crippen LogP contribution in [0.4, 0.5) is 0 Å². The predicted molar refractivity (Wildman–Crippen MR) is 96.4 cm³/mol. The van der Waals surface area contributed by atoms with E-state index < -0.39 is 11.6 Å². The third-order valence-electron chi connectivity index (χ3n) is 4.60. The van der Waals surface area contributed by atoms with Gasteiger partial charge in [0.15, 0.2) is 5.72 Å². The number of allylic oxidation sites excluding steroid dienone is 1. The Kier molecular flexibility index (Phi) is 4.43. The fourth-order valence-electron chi connectivity index (χ4n) is 3.36. The van der Waals surface area contributed by atoms with Crippen molar-refractivity contribution in [2.75, 3.05) is 7.05 Å². The van der Waals surface area contributed by atoms with Crippen LogP contribution in [0.15, 0.2) is 55.1 Å². The Morgan fingerprint density at radius 2 is 1.96 bits per heavy atom. The van der Waals surface area contributed by atoms with Crippen molar-refractivity contribution in [1.29, 1.82) is 0 Å². The van der Waals surface area contributed by atoms with E-state index in [0.717, 1.165) is 5.56 Å². The van der Waals surface area contributed by atoms with Crippen molar-refractivity contribution < 1.29 is 9.90 Å². The lowest BCUT2D eigenvalue weighted by molar-refractivity contribution is -0.0935. The summed E-state index contributed by atoms with van der Waals surface area (Å²) in [6, 6.07) is 12.4. The number of aliphatic hydroxyl groups is 1. The average Bonchev–Trinajstić information content (AvgIpc) is 2.78. The Morgan fingerprint density at radius 3 is 2.62 bits per heavy atom. The van der Waals surface area contributed by atoms with Gasteiger partial charge in [0.05, 0.1) is 10.0 Å². The van der Waals surface area contributed by atoms with Gasteiger partial charge in [-0.05, 0) is 30.2 Å². The number of halogens is 2. The Balaban J connectivity index is 2.19. The SMILES string of the molecule is C=CC[C@@H](c1ccc(Cl)c(Cl)c1)C1(O)c2ccccc2C(=O)N1C. The van der Waals surface area contributed by atoms with Crippen molar-refractivity contribution >= 4 is 29.1 Å². The van der Waals surface area contributed by atoms with Gasteiger partial charge in [0.1, 0.15) is 0 Å². The molecular formula is C19H17Cl2NO2. The van der Waals surface area contributed by atoms with Crippen molar-refractivity contribution in [1.82, 2.24) is 4.90 Å². The average molecular weight is 362 g/mol. The van der Waals surface area contributed by atoms with E-state index in [2.05, 4.69) is 6.58 Å². The minimum absolute atomic E-state index is 0.206. The topological polar surface area (TPSA) is 40.5 Å². The molecule has 1 heterocycles. The first-order chi connectivity index (χ1) is 11.4. The van der Waals surface area contributed by atoms with Crippen molar-refractivity contribution in [3.05, 3.63) is 81.9 Å². The first kappa shape index (κ1) is 17.0. The van der Waals surface area contributed by atoms with E-state index in [1.54, 1.807) is 43.5 Å². The van der Waals surface area contributed by atoms with Gasteiger partial charge in [-0.15, -0.1) is 6.58 Å². The first-order valence-electron chi connectivity index (χ1n) is 7.57. The van der Waals surface area contributed by atoms with Crippen molar-refractivity contribution in [2.45, 2.75) is 18.1 Å². The molecule has 0 saturated heterocycles. The highest BCUT2D eigenvalue weighted by Crippen LogP contribution is 2.48. The summed E-state index contributed by atoms with van der Waals surface area (Å²) >= 11 is 12.2. The molecule has 0 spiro atoms. The number of likely N-dealkylation sites (N-methyl/N-ethyl adjacent to an activating group) is 1. The molecule has 24 heavy (non-hydrogen) atoms.